The second-order valence-corrected chi connectivity index (χ2v) is 6.50. The molecule has 0 radical (unpaired) electrons. The summed E-state index contributed by atoms with van der Waals surface area (Å²) in [7, 11) is 0. The zero-order valence-electron chi connectivity index (χ0n) is 15.8. The van der Waals surface area contributed by atoms with Gasteiger partial charge in [-0.3, -0.25) is 0 Å². The number of hydrogen-bond donors (Lipinski definition) is 2. The van der Waals surface area contributed by atoms with Crippen LogP contribution < -0.4 is 15.8 Å². The van der Waals surface area contributed by atoms with Gasteiger partial charge in [0.05, 0.1) is 0 Å². The first-order chi connectivity index (χ1) is 13.6. The molecule has 0 spiro atoms. The van der Waals surface area contributed by atoms with Gasteiger partial charge in [0.2, 0.25) is 5.88 Å². The van der Waals surface area contributed by atoms with Crippen molar-refractivity contribution in [1.29, 1.82) is 0 Å². The standard InChI is InChI=1S/C22H21N5O/c1-3-15-8-11-17(12-9-15)27-21-19(23)22(25-13-24-21)28-18-6-4-5-16-10-7-14(2)26-20(16)18/h4-13H,3,23H2,1-2H3,(H,24,25,27). The number of nitrogens with two attached hydrogens (primary N) is 1. The molecule has 0 saturated carbocycles. The Bertz CT molecular complexity index is 1130. The van der Waals surface area contributed by atoms with Crippen LogP contribution in [0.4, 0.5) is 17.2 Å². The molecule has 140 valence electrons. The number of para-hydroxylation sites is 1. The Morgan fingerprint density at radius 3 is 2.61 bits per heavy atom. The van der Waals surface area contributed by atoms with Crippen LogP contribution in [0.2, 0.25) is 0 Å². The van der Waals surface area contributed by atoms with Gasteiger partial charge in [-0.2, -0.15) is 4.98 Å². The van der Waals surface area contributed by atoms with Gasteiger partial charge in [0.1, 0.15) is 17.5 Å². The van der Waals surface area contributed by atoms with E-state index in [1.54, 1.807) is 0 Å². The van der Waals surface area contributed by atoms with E-state index in [4.69, 9.17) is 10.5 Å². The number of anilines is 3. The van der Waals surface area contributed by atoms with Crippen LogP contribution in [0.1, 0.15) is 18.2 Å². The third-order valence-corrected chi connectivity index (χ3v) is 4.50. The van der Waals surface area contributed by atoms with Crippen molar-refractivity contribution in [1.82, 2.24) is 15.0 Å². The summed E-state index contributed by atoms with van der Waals surface area (Å²) in [5.74, 6) is 1.39. The molecule has 0 saturated heterocycles. The number of nitrogen functional groups attached to an aromatic ring is 1. The highest BCUT2D eigenvalue weighted by Crippen LogP contribution is 2.33. The highest BCUT2D eigenvalue weighted by Gasteiger charge is 2.13. The van der Waals surface area contributed by atoms with E-state index in [1.807, 2.05) is 49.4 Å². The molecule has 0 aliphatic carbocycles. The van der Waals surface area contributed by atoms with Crippen LogP contribution in [0, 0.1) is 6.92 Å². The van der Waals surface area contributed by atoms with Crippen LogP contribution in [-0.2, 0) is 6.42 Å². The van der Waals surface area contributed by atoms with Crippen molar-refractivity contribution in [2.75, 3.05) is 11.1 Å². The Kier molecular flexibility index (Phi) is 4.76. The molecule has 4 aromatic rings. The number of aromatic nitrogens is 3. The number of ether oxygens (including phenoxy) is 1. The molecular formula is C22H21N5O. The fourth-order valence-electron chi connectivity index (χ4n) is 2.92. The van der Waals surface area contributed by atoms with Crippen molar-refractivity contribution in [2.45, 2.75) is 20.3 Å². The van der Waals surface area contributed by atoms with E-state index < -0.39 is 0 Å². The Balaban J connectivity index is 1.64. The fourth-order valence-corrected chi connectivity index (χ4v) is 2.92. The maximum Gasteiger partial charge on any atom is 0.248 e. The van der Waals surface area contributed by atoms with Crippen LogP contribution in [0.15, 0.2) is 60.9 Å². The summed E-state index contributed by atoms with van der Waals surface area (Å²) in [5, 5.41) is 4.22. The molecule has 0 aliphatic rings. The number of pyridine rings is 1. The van der Waals surface area contributed by atoms with Gasteiger partial charge in [-0.25, -0.2) is 9.97 Å². The Morgan fingerprint density at radius 1 is 1.00 bits per heavy atom. The summed E-state index contributed by atoms with van der Waals surface area (Å²) in [5.41, 5.74) is 10.5. The van der Waals surface area contributed by atoms with E-state index in [9.17, 15) is 0 Å². The molecule has 6 nitrogen and oxygen atoms in total. The number of benzene rings is 2. The highest BCUT2D eigenvalue weighted by molar-refractivity contribution is 5.85. The molecule has 0 fully saturated rings. The molecule has 4 rings (SSSR count). The third-order valence-electron chi connectivity index (χ3n) is 4.50. The molecule has 6 heteroatoms. The SMILES string of the molecule is CCc1ccc(Nc2ncnc(Oc3cccc4ccc(C)nc34)c2N)cc1. The number of nitrogens with one attached hydrogen (secondary N) is 1. The first-order valence-corrected chi connectivity index (χ1v) is 9.14. The van der Waals surface area contributed by atoms with Gasteiger partial charge in [0, 0.05) is 16.8 Å². The zero-order valence-corrected chi connectivity index (χ0v) is 15.8. The third kappa shape index (κ3) is 3.57. The molecular weight excluding hydrogens is 350 g/mol. The van der Waals surface area contributed by atoms with E-state index in [-0.39, 0.29) is 0 Å². The summed E-state index contributed by atoms with van der Waals surface area (Å²) in [6.45, 7) is 4.07. The van der Waals surface area contributed by atoms with E-state index in [2.05, 4.69) is 39.3 Å². The van der Waals surface area contributed by atoms with Crippen LogP contribution in [0.5, 0.6) is 11.6 Å². The summed E-state index contributed by atoms with van der Waals surface area (Å²) in [6, 6.07) is 17.9. The second kappa shape index (κ2) is 7.52. The molecule has 0 atom stereocenters. The normalized spacial score (nSPS) is 10.8. The number of fused-ring (bicyclic) bond motifs is 1. The Morgan fingerprint density at radius 2 is 1.82 bits per heavy atom. The number of aryl methyl sites for hydroxylation is 2. The van der Waals surface area contributed by atoms with E-state index in [0.717, 1.165) is 28.7 Å². The lowest BCUT2D eigenvalue weighted by Gasteiger charge is -2.13. The minimum absolute atomic E-state index is 0.290. The number of rotatable bonds is 5. The molecule has 0 amide bonds. The fraction of sp³-hybridized carbons (Fsp3) is 0.136. The monoisotopic (exact) mass is 371 g/mol. The van der Waals surface area contributed by atoms with Crippen molar-refractivity contribution in [2.24, 2.45) is 0 Å². The van der Waals surface area contributed by atoms with Crippen LogP contribution in [0.25, 0.3) is 10.9 Å². The van der Waals surface area contributed by atoms with Crippen molar-refractivity contribution < 1.29 is 4.74 Å². The van der Waals surface area contributed by atoms with E-state index in [1.165, 1.54) is 11.9 Å². The molecule has 0 bridgehead atoms. The lowest BCUT2D eigenvalue weighted by atomic mass is 10.1. The average molecular weight is 371 g/mol. The van der Waals surface area contributed by atoms with E-state index >= 15 is 0 Å². The van der Waals surface area contributed by atoms with Crippen LogP contribution >= 0.6 is 0 Å². The van der Waals surface area contributed by atoms with Crippen LogP contribution in [-0.4, -0.2) is 15.0 Å². The molecule has 2 heterocycles. The van der Waals surface area contributed by atoms with Crippen molar-refractivity contribution in [3.63, 3.8) is 0 Å². The topological polar surface area (TPSA) is 86.0 Å². The number of hydrogen-bond acceptors (Lipinski definition) is 6. The molecule has 2 aromatic heterocycles. The van der Waals surface area contributed by atoms with Crippen molar-refractivity contribution in [3.05, 3.63) is 72.2 Å². The lowest BCUT2D eigenvalue weighted by molar-refractivity contribution is 0.469. The minimum atomic E-state index is 0.290. The maximum atomic E-state index is 6.28. The summed E-state index contributed by atoms with van der Waals surface area (Å²) >= 11 is 0. The quantitative estimate of drug-likeness (QED) is 0.513. The maximum absolute atomic E-state index is 6.28. The number of nitrogens with zero attached hydrogens (tertiary/aromatic N) is 3. The largest absolute Gasteiger partial charge is 0.435 e. The lowest BCUT2D eigenvalue weighted by Crippen LogP contribution is -2.03. The van der Waals surface area contributed by atoms with Gasteiger partial charge in [-0.05, 0) is 43.2 Å². The molecule has 0 unspecified atom stereocenters. The molecule has 0 aliphatic heterocycles. The highest BCUT2D eigenvalue weighted by atomic mass is 16.5. The predicted molar refractivity (Wildman–Crippen MR) is 112 cm³/mol. The van der Waals surface area contributed by atoms with Crippen molar-refractivity contribution >= 4 is 28.1 Å². The van der Waals surface area contributed by atoms with Gasteiger partial charge < -0.3 is 15.8 Å². The average Bonchev–Trinajstić information content (AvgIpc) is 2.72. The summed E-state index contributed by atoms with van der Waals surface area (Å²) in [4.78, 5) is 13.0. The smallest absolute Gasteiger partial charge is 0.248 e. The van der Waals surface area contributed by atoms with Gasteiger partial charge in [0.25, 0.3) is 0 Å². The van der Waals surface area contributed by atoms with Gasteiger partial charge in [-0.15, -0.1) is 0 Å². The Labute approximate surface area is 163 Å². The van der Waals surface area contributed by atoms with Gasteiger partial charge >= 0.3 is 0 Å². The minimum Gasteiger partial charge on any atom is -0.435 e. The first kappa shape index (κ1) is 17.7. The van der Waals surface area contributed by atoms with Gasteiger partial charge in [-0.1, -0.05) is 37.3 Å². The first-order valence-electron chi connectivity index (χ1n) is 9.14. The van der Waals surface area contributed by atoms with Crippen LogP contribution in [0.3, 0.4) is 0 Å². The van der Waals surface area contributed by atoms with Gasteiger partial charge in [0.15, 0.2) is 11.6 Å². The Hall–Kier alpha value is -3.67. The molecule has 28 heavy (non-hydrogen) atoms. The molecule has 2 aromatic carbocycles. The summed E-state index contributed by atoms with van der Waals surface area (Å²) in [6.07, 6.45) is 2.42. The molecule has 3 N–H and O–H groups in total. The summed E-state index contributed by atoms with van der Waals surface area (Å²) < 4.78 is 6.01. The second-order valence-electron chi connectivity index (χ2n) is 6.50. The predicted octanol–water partition coefficient (Wildman–Crippen LogP) is 5.01. The van der Waals surface area contributed by atoms with Crippen molar-refractivity contribution in [3.8, 4) is 11.6 Å². The van der Waals surface area contributed by atoms with E-state index in [0.29, 0.717) is 23.1 Å². The zero-order chi connectivity index (χ0) is 19.5.